The zero-order chi connectivity index (χ0) is 12.5. The Hall–Kier alpha value is -0.900. The number of ether oxygens (including phenoxy) is 1. The number of ketones is 1. The van der Waals surface area contributed by atoms with Crippen molar-refractivity contribution in [2.24, 2.45) is 17.3 Å². The van der Waals surface area contributed by atoms with Gasteiger partial charge in [0.2, 0.25) is 0 Å². The number of piperidine rings is 1. The van der Waals surface area contributed by atoms with E-state index in [9.17, 15) is 9.59 Å². The molecule has 0 aromatic carbocycles. The molecule has 1 aliphatic carbocycles. The predicted molar refractivity (Wildman–Crippen MR) is 63.4 cm³/mol. The van der Waals surface area contributed by atoms with Gasteiger partial charge in [0.05, 0.1) is 7.11 Å². The summed E-state index contributed by atoms with van der Waals surface area (Å²) in [5, 5.41) is 3.31. The molecule has 1 heterocycles. The third kappa shape index (κ3) is 1.99. The van der Waals surface area contributed by atoms with Crippen molar-refractivity contribution < 1.29 is 14.3 Å². The lowest BCUT2D eigenvalue weighted by Gasteiger charge is -2.48. The van der Waals surface area contributed by atoms with E-state index in [1.165, 1.54) is 7.11 Å². The number of carbonyl (C=O) groups is 2. The van der Waals surface area contributed by atoms with Crippen molar-refractivity contribution in [3.63, 3.8) is 0 Å². The Morgan fingerprint density at radius 1 is 1.41 bits per heavy atom. The third-order valence-electron chi connectivity index (χ3n) is 4.67. The van der Waals surface area contributed by atoms with Crippen molar-refractivity contribution in [3.8, 4) is 0 Å². The van der Waals surface area contributed by atoms with Gasteiger partial charge in [0.15, 0.2) is 0 Å². The zero-order valence-corrected chi connectivity index (χ0v) is 10.6. The average molecular weight is 239 g/mol. The van der Waals surface area contributed by atoms with Gasteiger partial charge in [0.1, 0.15) is 11.7 Å². The highest BCUT2D eigenvalue weighted by atomic mass is 16.5. The lowest BCUT2D eigenvalue weighted by Crippen LogP contribution is -2.53. The lowest BCUT2D eigenvalue weighted by molar-refractivity contribution is -0.162. The van der Waals surface area contributed by atoms with Crippen LogP contribution in [0.2, 0.25) is 0 Å². The van der Waals surface area contributed by atoms with Crippen molar-refractivity contribution in [2.75, 3.05) is 20.2 Å². The van der Waals surface area contributed by atoms with Gasteiger partial charge in [-0.15, -0.1) is 0 Å². The Balaban J connectivity index is 2.33. The van der Waals surface area contributed by atoms with E-state index >= 15 is 0 Å². The highest BCUT2D eigenvalue weighted by molar-refractivity contribution is 6.00. The van der Waals surface area contributed by atoms with Crippen molar-refractivity contribution in [1.82, 2.24) is 5.32 Å². The molecule has 96 valence electrons. The van der Waals surface area contributed by atoms with Gasteiger partial charge < -0.3 is 10.1 Å². The molecule has 4 nitrogen and oxygen atoms in total. The van der Waals surface area contributed by atoms with Gasteiger partial charge in [-0.2, -0.15) is 0 Å². The number of Topliss-reactive ketones (excluding diaryl/α,β-unsaturated/α-hetero) is 1. The Morgan fingerprint density at radius 2 is 2.06 bits per heavy atom. The molecule has 0 bridgehead atoms. The van der Waals surface area contributed by atoms with E-state index in [1.807, 2.05) is 0 Å². The number of esters is 1. The Kier molecular flexibility index (Phi) is 3.52. The Labute approximate surface area is 102 Å². The molecule has 2 aliphatic rings. The molecular formula is C13H21NO3. The van der Waals surface area contributed by atoms with E-state index in [2.05, 4.69) is 12.2 Å². The van der Waals surface area contributed by atoms with E-state index < -0.39 is 5.92 Å². The molecule has 17 heavy (non-hydrogen) atoms. The maximum Gasteiger partial charge on any atom is 0.316 e. The van der Waals surface area contributed by atoms with Crippen LogP contribution in [0.15, 0.2) is 0 Å². The monoisotopic (exact) mass is 239 g/mol. The first-order valence-corrected chi connectivity index (χ1v) is 6.43. The third-order valence-corrected chi connectivity index (χ3v) is 4.67. The molecule has 2 unspecified atom stereocenters. The molecule has 1 spiro atoms. The molecule has 0 aromatic rings. The zero-order valence-electron chi connectivity index (χ0n) is 10.6. The summed E-state index contributed by atoms with van der Waals surface area (Å²) in [6, 6.07) is 0. The largest absolute Gasteiger partial charge is 0.468 e. The summed E-state index contributed by atoms with van der Waals surface area (Å²) < 4.78 is 4.86. The van der Waals surface area contributed by atoms with Crippen molar-refractivity contribution in [2.45, 2.75) is 32.6 Å². The van der Waals surface area contributed by atoms with E-state index in [1.54, 1.807) is 0 Å². The van der Waals surface area contributed by atoms with Crippen LogP contribution in [0.25, 0.3) is 0 Å². The first kappa shape index (κ1) is 12.6. The van der Waals surface area contributed by atoms with Crippen LogP contribution in [0.3, 0.4) is 0 Å². The molecule has 1 aliphatic heterocycles. The lowest BCUT2D eigenvalue weighted by atomic mass is 9.56. The Bertz CT molecular complexity index is 313. The second-order valence-corrected chi connectivity index (χ2v) is 5.35. The molecule has 1 saturated carbocycles. The number of hydrogen-bond acceptors (Lipinski definition) is 4. The topological polar surface area (TPSA) is 55.4 Å². The molecule has 0 aromatic heterocycles. The second kappa shape index (κ2) is 4.77. The van der Waals surface area contributed by atoms with Crippen molar-refractivity contribution >= 4 is 11.8 Å². The molecule has 1 saturated heterocycles. The minimum Gasteiger partial charge on any atom is -0.468 e. The minimum atomic E-state index is -0.529. The molecule has 0 amide bonds. The summed E-state index contributed by atoms with van der Waals surface area (Å²) in [4.78, 5) is 24.0. The predicted octanol–water partition coefficient (Wildman–Crippen LogP) is 1.14. The average Bonchev–Trinajstić information content (AvgIpc) is 2.35. The summed E-state index contributed by atoms with van der Waals surface area (Å²) in [5.41, 5.74) is -0.159. The normalized spacial score (nSPS) is 32.5. The maximum atomic E-state index is 12.1. The van der Waals surface area contributed by atoms with Crippen LogP contribution in [0.1, 0.15) is 32.6 Å². The van der Waals surface area contributed by atoms with Gasteiger partial charge >= 0.3 is 5.97 Å². The maximum absolute atomic E-state index is 12.1. The molecule has 0 radical (unpaired) electrons. The van der Waals surface area contributed by atoms with Crippen LogP contribution in [0.5, 0.6) is 0 Å². The molecular weight excluding hydrogens is 218 g/mol. The fraction of sp³-hybridized carbons (Fsp3) is 0.846. The van der Waals surface area contributed by atoms with Gasteiger partial charge in [-0.1, -0.05) is 6.92 Å². The number of methoxy groups -OCH3 is 1. The van der Waals surface area contributed by atoms with E-state index in [0.717, 1.165) is 32.4 Å². The first-order chi connectivity index (χ1) is 8.12. The highest BCUT2D eigenvalue weighted by Gasteiger charge is 2.53. The van der Waals surface area contributed by atoms with Crippen LogP contribution in [0, 0.1) is 17.3 Å². The van der Waals surface area contributed by atoms with E-state index in [4.69, 9.17) is 4.74 Å². The van der Waals surface area contributed by atoms with Crippen LogP contribution >= 0.6 is 0 Å². The summed E-state index contributed by atoms with van der Waals surface area (Å²) in [6.45, 7) is 3.96. The van der Waals surface area contributed by atoms with E-state index in [-0.39, 0.29) is 17.2 Å². The summed E-state index contributed by atoms with van der Waals surface area (Å²) in [7, 11) is 1.38. The highest BCUT2D eigenvalue weighted by Crippen LogP contribution is 2.50. The standard InChI is InChI=1S/C13H21NO3/c1-9-3-4-10(15)11(12(16)17-2)13(9)5-7-14-8-6-13/h9,11,14H,3-8H2,1-2H3. The fourth-order valence-corrected chi connectivity index (χ4v) is 3.55. The second-order valence-electron chi connectivity index (χ2n) is 5.35. The molecule has 1 N–H and O–H groups in total. The van der Waals surface area contributed by atoms with Gasteiger partial charge in [-0.05, 0) is 43.7 Å². The van der Waals surface area contributed by atoms with Crippen LogP contribution in [-0.2, 0) is 14.3 Å². The smallest absolute Gasteiger partial charge is 0.316 e. The molecule has 2 rings (SSSR count). The molecule has 2 fully saturated rings. The minimum absolute atomic E-state index is 0.0804. The molecule has 2 atom stereocenters. The Morgan fingerprint density at radius 3 is 2.65 bits per heavy atom. The van der Waals surface area contributed by atoms with Crippen molar-refractivity contribution in [1.29, 1.82) is 0 Å². The van der Waals surface area contributed by atoms with Crippen LogP contribution in [-0.4, -0.2) is 32.0 Å². The number of rotatable bonds is 1. The van der Waals surface area contributed by atoms with E-state index in [0.29, 0.717) is 12.3 Å². The fourth-order valence-electron chi connectivity index (χ4n) is 3.55. The summed E-state index contributed by atoms with van der Waals surface area (Å²) in [5.74, 6) is -0.356. The number of carbonyl (C=O) groups excluding carboxylic acids is 2. The van der Waals surface area contributed by atoms with Crippen LogP contribution < -0.4 is 5.32 Å². The van der Waals surface area contributed by atoms with Gasteiger partial charge in [0.25, 0.3) is 0 Å². The van der Waals surface area contributed by atoms with Gasteiger partial charge in [-0.3, -0.25) is 9.59 Å². The van der Waals surface area contributed by atoms with Gasteiger partial charge in [0, 0.05) is 6.42 Å². The van der Waals surface area contributed by atoms with Crippen LogP contribution in [0.4, 0.5) is 0 Å². The van der Waals surface area contributed by atoms with Crippen molar-refractivity contribution in [3.05, 3.63) is 0 Å². The SMILES string of the molecule is COC(=O)C1C(=O)CCC(C)C12CCNCC2. The number of hydrogen-bond donors (Lipinski definition) is 1. The van der Waals surface area contributed by atoms with Gasteiger partial charge in [-0.25, -0.2) is 0 Å². The summed E-state index contributed by atoms with van der Waals surface area (Å²) in [6.07, 6.45) is 3.24. The quantitative estimate of drug-likeness (QED) is 0.551. The summed E-state index contributed by atoms with van der Waals surface area (Å²) >= 11 is 0. The first-order valence-electron chi connectivity index (χ1n) is 6.43. The molecule has 4 heteroatoms. The number of nitrogens with one attached hydrogen (secondary N) is 1.